The summed E-state index contributed by atoms with van der Waals surface area (Å²) in [6, 6.07) is 31.9. The lowest BCUT2D eigenvalue weighted by molar-refractivity contribution is -0.0209. The third-order valence-electron chi connectivity index (χ3n) is 4.78. The van der Waals surface area contributed by atoms with E-state index in [1.54, 1.807) is 6.07 Å². The summed E-state index contributed by atoms with van der Waals surface area (Å²) >= 11 is 0. The lowest BCUT2D eigenvalue weighted by Crippen LogP contribution is -2.18. The van der Waals surface area contributed by atoms with E-state index in [1.807, 2.05) is 97.1 Å². The standard InChI is InChI=1S/C25H20O3/c26-23(19-10-3-1-4-11-19)24(20-12-5-2-6-13-20)28-25(27)22-16-15-18-9-7-8-14-21(18)17-22/h1-17,23-24,26H/t23-,24+/m1/s1. The minimum absolute atomic E-state index is 0.458. The Labute approximate surface area is 163 Å². The molecule has 0 bridgehead atoms. The van der Waals surface area contributed by atoms with Gasteiger partial charge in [0.05, 0.1) is 5.56 Å². The van der Waals surface area contributed by atoms with Crippen LogP contribution in [0.2, 0.25) is 0 Å². The number of esters is 1. The van der Waals surface area contributed by atoms with Crippen LogP contribution in [0.25, 0.3) is 10.8 Å². The first-order chi connectivity index (χ1) is 13.7. The first-order valence-electron chi connectivity index (χ1n) is 9.20. The number of hydrogen-bond donors (Lipinski definition) is 1. The van der Waals surface area contributed by atoms with E-state index in [1.165, 1.54) is 0 Å². The molecule has 0 saturated carbocycles. The van der Waals surface area contributed by atoms with Crippen molar-refractivity contribution < 1.29 is 14.6 Å². The minimum atomic E-state index is -0.965. The number of rotatable bonds is 5. The molecule has 0 unspecified atom stereocenters. The highest BCUT2D eigenvalue weighted by molar-refractivity contribution is 5.95. The molecule has 0 spiro atoms. The van der Waals surface area contributed by atoms with Crippen LogP contribution in [0.3, 0.4) is 0 Å². The van der Waals surface area contributed by atoms with Crippen molar-refractivity contribution in [3.8, 4) is 0 Å². The van der Waals surface area contributed by atoms with Gasteiger partial charge in [-0.05, 0) is 34.0 Å². The highest BCUT2D eigenvalue weighted by Gasteiger charge is 2.27. The number of ether oxygens (including phenoxy) is 1. The monoisotopic (exact) mass is 368 g/mol. The molecule has 0 amide bonds. The van der Waals surface area contributed by atoms with Crippen LogP contribution in [0.4, 0.5) is 0 Å². The van der Waals surface area contributed by atoms with Gasteiger partial charge in [0.1, 0.15) is 6.10 Å². The molecule has 4 rings (SSSR count). The van der Waals surface area contributed by atoms with E-state index in [0.29, 0.717) is 11.1 Å². The Morgan fingerprint density at radius 3 is 1.93 bits per heavy atom. The van der Waals surface area contributed by atoms with E-state index in [0.717, 1.165) is 16.3 Å². The summed E-state index contributed by atoms with van der Waals surface area (Å²) < 4.78 is 5.80. The van der Waals surface area contributed by atoms with Crippen molar-refractivity contribution in [1.82, 2.24) is 0 Å². The van der Waals surface area contributed by atoms with Crippen LogP contribution in [0.5, 0.6) is 0 Å². The maximum atomic E-state index is 12.9. The molecule has 0 radical (unpaired) electrons. The zero-order chi connectivity index (χ0) is 19.3. The zero-order valence-corrected chi connectivity index (χ0v) is 15.2. The first kappa shape index (κ1) is 18.0. The Balaban J connectivity index is 1.65. The second-order valence-corrected chi connectivity index (χ2v) is 6.65. The summed E-state index contributed by atoms with van der Waals surface area (Å²) in [6.45, 7) is 0. The maximum Gasteiger partial charge on any atom is 0.338 e. The number of hydrogen-bond acceptors (Lipinski definition) is 3. The SMILES string of the molecule is O=C(O[C@@H](c1ccccc1)[C@H](O)c1ccccc1)c1ccc2ccccc2c1. The van der Waals surface area contributed by atoms with Crippen molar-refractivity contribution in [2.45, 2.75) is 12.2 Å². The van der Waals surface area contributed by atoms with Crippen LogP contribution in [0.15, 0.2) is 103 Å². The summed E-state index contributed by atoms with van der Waals surface area (Å²) in [7, 11) is 0. The molecular formula is C25H20O3. The first-order valence-corrected chi connectivity index (χ1v) is 9.20. The fraction of sp³-hybridized carbons (Fsp3) is 0.0800. The topological polar surface area (TPSA) is 46.5 Å². The molecule has 4 aromatic carbocycles. The molecule has 4 aromatic rings. The summed E-state index contributed by atoms with van der Waals surface area (Å²) in [5.41, 5.74) is 1.90. The van der Waals surface area contributed by atoms with Gasteiger partial charge in [-0.2, -0.15) is 0 Å². The normalized spacial score (nSPS) is 13.0. The molecule has 0 saturated heterocycles. The van der Waals surface area contributed by atoms with Gasteiger partial charge in [0.15, 0.2) is 6.10 Å². The van der Waals surface area contributed by atoms with Crippen LogP contribution in [0.1, 0.15) is 33.7 Å². The molecule has 3 nitrogen and oxygen atoms in total. The molecule has 0 aliphatic carbocycles. The third kappa shape index (κ3) is 3.80. The van der Waals surface area contributed by atoms with Gasteiger partial charge < -0.3 is 9.84 Å². The molecule has 0 aliphatic heterocycles. The smallest absolute Gasteiger partial charge is 0.338 e. The largest absolute Gasteiger partial charge is 0.451 e. The molecular weight excluding hydrogens is 348 g/mol. The predicted molar refractivity (Wildman–Crippen MR) is 110 cm³/mol. The van der Waals surface area contributed by atoms with Crippen LogP contribution in [-0.2, 0) is 4.74 Å². The number of benzene rings is 4. The molecule has 0 heterocycles. The summed E-state index contributed by atoms with van der Waals surface area (Å²) in [5.74, 6) is -0.463. The Kier molecular flexibility index (Phi) is 5.18. The summed E-state index contributed by atoms with van der Waals surface area (Å²) in [5, 5.41) is 13.0. The molecule has 0 aliphatic rings. The minimum Gasteiger partial charge on any atom is -0.451 e. The van der Waals surface area contributed by atoms with Crippen molar-refractivity contribution in [1.29, 1.82) is 0 Å². The van der Waals surface area contributed by atoms with Gasteiger partial charge in [-0.15, -0.1) is 0 Å². The van der Waals surface area contributed by atoms with Crippen molar-refractivity contribution in [3.05, 3.63) is 120 Å². The molecule has 0 aromatic heterocycles. The van der Waals surface area contributed by atoms with Gasteiger partial charge in [0, 0.05) is 0 Å². The van der Waals surface area contributed by atoms with Gasteiger partial charge in [-0.1, -0.05) is 91.0 Å². The zero-order valence-electron chi connectivity index (χ0n) is 15.2. The molecule has 28 heavy (non-hydrogen) atoms. The van der Waals surface area contributed by atoms with E-state index in [-0.39, 0.29) is 0 Å². The summed E-state index contributed by atoms with van der Waals surface area (Å²) in [6.07, 6.45) is -1.77. The molecule has 138 valence electrons. The van der Waals surface area contributed by atoms with Crippen LogP contribution in [0, 0.1) is 0 Å². The predicted octanol–water partition coefficient (Wildman–Crippen LogP) is 5.47. The van der Waals surface area contributed by atoms with Crippen LogP contribution < -0.4 is 0 Å². The highest BCUT2D eigenvalue weighted by Crippen LogP contribution is 2.33. The molecule has 1 N–H and O–H groups in total. The van der Waals surface area contributed by atoms with Gasteiger partial charge in [0.2, 0.25) is 0 Å². The van der Waals surface area contributed by atoms with E-state index < -0.39 is 18.2 Å². The van der Waals surface area contributed by atoms with Gasteiger partial charge >= 0.3 is 5.97 Å². The Bertz CT molecular complexity index is 1070. The number of carbonyl (C=O) groups is 1. The summed E-state index contributed by atoms with van der Waals surface area (Å²) in [4.78, 5) is 12.9. The molecule has 3 heteroatoms. The number of aliphatic hydroxyl groups is 1. The second kappa shape index (κ2) is 8.07. The third-order valence-corrected chi connectivity index (χ3v) is 4.78. The van der Waals surface area contributed by atoms with Crippen LogP contribution >= 0.6 is 0 Å². The fourth-order valence-electron chi connectivity index (χ4n) is 3.28. The number of fused-ring (bicyclic) bond motifs is 1. The van der Waals surface area contributed by atoms with Crippen molar-refractivity contribution in [2.24, 2.45) is 0 Å². The van der Waals surface area contributed by atoms with E-state index in [4.69, 9.17) is 4.74 Å². The second-order valence-electron chi connectivity index (χ2n) is 6.65. The average Bonchev–Trinajstić information content (AvgIpc) is 2.77. The lowest BCUT2D eigenvalue weighted by Gasteiger charge is -2.24. The van der Waals surface area contributed by atoms with Crippen molar-refractivity contribution in [2.75, 3.05) is 0 Å². The van der Waals surface area contributed by atoms with Crippen LogP contribution in [-0.4, -0.2) is 11.1 Å². The van der Waals surface area contributed by atoms with Crippen molar-refractivity contribution in [3.63, 3.8) is 0 Å². The molecule has 0 fully saturated rings. The Hall–Kier alpha value is -3.43. The lowest BCUT2D eigenvalue weighted by atomic mass is 9.98. The number of carbonyl (C=O) groups excluding carboxylic acids is 1. The number of aliphatic hydroxyl groups excluding tert-OH is 1. The Morgan fingerprint density at radius 1 is 0.679 bits per heavy atom. The maximum absolute atomic E-state index is 12.9. The van der Waals surface area contributed by atoms with E-state index >= 15 is 0 Å². The quantitative estimate of drug-likeness (QED) is 0.475. The molecule has 2 atom stereocenters. The fourth-order valence-corrected chi connectivity index (χ4v) is 3.28. The van der Waals surface area contributed by atoms with E-state index in [2.05, 4.69) is 0 Å². The van der Waals surface area contributed by atoms with Gasteiger partial charge in [0.25, 0.3) is 0 Å². The Morgan fingerprint density at radius 2 is 1.25 bits per heavy atom. The highest BCUT2D eigenvalue weighted by atomic mass is 16.6. The van der Waals surface area contributed by atoms with Gasteiger partial charge in [-0.25, -0.2) is 4.79 Å². The van der Waals surface area contributed by atoms with Crippen molar-refractivity contribution >= 4 is 16.7 Å². The van der Waals surface area contributed by atoms with Gasteiger partial charge in [-0.3, -0.25) is 0 Å². The average molecular weight is 368 g/mol. The van der Waals surface area contributed by atoms with E-state index in [9.17, 15) is 9.90 Å².